The maximum atomic E-state index is 12.9. The van der Waals surface area contributed by atoms with E-state index in [9.17, 15) is 4.79 Å². The van der Waals surface area contributed by atoms with Gasteiger partial charge in [-0.25, -0.2) is 0 Å². The predicted octanol–water partition coefficient (Wildman–Crippen LogP) is 2.16. The molecule has 160 valence electrons. The minimum absolute atomic E-state index is 0.116. The Labute approximate surface area is 184 Å². The average molecular weight is 427 g/mol. The lowest BCUT2D eigenvalue weighted by molar-refractivity contribution is 0.0740. The summed E-state index contributed by atoms with van der Waals surface area (Å²) < 4.78 is 0. The second kappa shape index (κ2) is 8.80. The number of piperazine rings is 1. The fraction of sp³-hybridized carbons (Fsp3) is 0.182. The van der Waals surface area contributed by atoms with E-state index in [0.29, 0.717) is 37.7 Å². The van der Waals surface area contributed by atoms with Crippen molar-refractivity contribution in [3.8, 4) is 5.69 Å². The minimum Gasteiger partial charge on any atom is -0.352 e. The van der Waals surface area contributed by atoms with E-state index in [1.807, 2.05) is 54.6 Å². The number of hydrogen-bond acceptors (Lipinski definition) is 8. The van der Waals surface area contributed by atoms with E-state index in [0.717, 1.165) is 17.2 Å². The molecule has 1 N–H and O–H groups in total. The van der Waals surface area contributed by atoms with Gasteiger partial charge in [-0.05, 0) is 36.4 Å². The van der Waals surface area contributed by atoms with Gasteiger partial charge in [-0.1, -0.05) is 18.2 Å². The first-order valence-corrected chi connectivity index (χ1v) is 10.3. The summed E-state index contributed by atoms with van der Waals surface area (Å²) in [7, 11) is 0. The smallest absolute Gasteiger partial charge is 0.276 e. The van der Waals surface area contributed by atoms with E-state index in [4.69, 9.17) is 0 Å². The molecule has 0 aliphatic carbocycles. The Morgan fingerprint density at radius 2 is 1.66 bits per heavy atom. The van der Waals surface area contributed by atoms with Crippen molar-refractivity contribution < 1.29 is 4.79 Å². The van der Waals surface area contributed by atoms with Crippen molar-refractivity contribution in [3.63, 3.8) is 0 Å². The third kappa shape index (κ3) is 4.24. The second-order valence-corrected chi connectivity index (χ2v) is 7.27. The summed E-state index contributed by atoms with van der Waals surface area (Å²) in [5, 5.41) is 20.3. The first-order chi connectivity index (χ1) is 15.8. The molecule has 32 heavy (non-hydrogen) atoms. The number of nitrogens with one attached hydrogen (secondary N) is 1. The number of aromatic nitrogens is 6. The lowest BCUT2D eigenvalue weighted by atomic mass is 10.3. The van der Waals surface area contributed by atoms with Crippen LogP contribution in [0.2, 0.25) is 0 Å². The molecule has 0 radical (unpaired) electrons. The Hall–Kier alpha value is -4.34. The van der Waals surface area contributed by atoms with E-state index < -0.39 is 0 Å². The molecule has 1 amide bonds. The molecule has 0 spiro atoms. The Kier molecular flexibility index (Phi) is 5.39. The number of amides is 1. The maximum absolute atomic E-state index is 12.9. The van der Waals surface area contributed by atoms with Crippen LogP contribution in [0.4, 0.5) is 17.3 Å². The van der Waals surface area contributed by atoms with Crippen LogP contribution in [-0.4, -0.2) is 67.2 Å². The van der Waals surface area contributed by atoms with E-state index in [-0.39, 0.29) is 5.91 Å². The fourth-order valence-corrected chi connectivity index (χ4v) is 3.49. The van der Waals surface area contributed by atoms with Crippen LogP contribution in [0.5, 0.6) is 0 Å². The van der Waals surface area contributed by atoms with E-state index in [2.05, 4.69) is 35.6 Å². The van der Waals surface area contributed by atoms with E-state index >= 15 is 0 Å². The molecule has 1 aliphatic rings. The highest BCUT2D eigenvalue weighted by Crippen LogP contribution is 2.18. The van der Waals surface area contributed by atoms with E-state index in [1.54, 1.807) is 17.3 Å². The molecule has 1 fully saturated rings. The zero-order valence-corrected chi connectivity index (χ0v) is 17.2. The average Bonchev–Trinajstić information content (AvgIpc) is 3.36. The largest absolute Gasteiger partial charge is 0.352 e. The predicted molar refractivity (Wildman–Crippen MR) is 119 cm³/mol. The molecular weight excluding hydrogens is 406 g/mol. The van der Waals surface area contributed by atoms with Crippen LogP contribution >= 0.6 is 0 Å². The topological polar surface area (TPSA) is 105 Å². The first-order valence-electron chi connectivity index (χ1n) is 10.3. The molecule has 1 saturated heterocycles. The minimum atomic E-state index is -0.116. The number of carbonyl (C=O) groups is 1. The van der Waals surface area contributed by atoms with Crippen LogP contribution in [-0.2, 0) is 0 Å². The lowest BCUT2D eigenvalue weighted by Crippen LogP contribution is -2.49. The molecule has 3 aromatic heterocycles. The lowest BCUT2D eigenvalue weighted by Gasteiger charge is -2.34. The molecular formula is C22H21N9O. The number of rotatable bonds is 5. The third-order valence-electron chi connectivity index (χ3n) is 5.19. The fourth-order valence-electron chi connectivity index (χ4n) is 3.49. The molecule has 0 atom stereocenters. The summed E-state index contributed by atoms with van der Waals surface area (Å²) in [5.41, 5.74) is 2.06. The summed E-state index contributed by atoms with van der Waals surface area (Å²) in [4.78, 5) is 22.2. The van der Waals surface area contributed by atoms with Gasteiger partial charge in [0.25, 0.3) is 5.91 Å². The van der Waals surface area contributed by atoms with Crippen molar-refractivity contribution in [1.82, 2.24) is 35.1 Å². The Balaban J connectivity index is 1.18. The number of nitrogens with zero attached hydrogens (tertiary/aromatic N) is 8. The molecule has 0 saturated carbocycles. The van der Waals surface area contributed by atoms with Crippen LogP contribution in [0.3, 0.4) is 0 Å². The third-order valence-corrected chi connectivity index (χ3v) is 5.19. The Bertz CT molecular complexity index is 1170. The van der Waals surface area contributed by atoms with Crippen molar-refractivity contribution in [2.24, 2.45) is 0 Å². The van der Waals surface area contributed by atoms with E-state index in [1.165, 1.54) is 11.0 Å². The highest BCUT2D eigenvalue weighted by molar-refractivity contribution is 5.92. The Morgan fingerprint density at radius 3 is 2.38 bits per heavy atom. The van der Waals surface area contributed by atoms with Crippen molar-refractivity contribution in [2.45, 2.75) is 0 Å². The van der Waals surface area contributed by atoms with Gasteiger partial charge in [-0.3, -0.25) is 9.78 Å². The number of benzene rings is 1. The first kappa shape index (κ1) is 19.6. The van der Waals surface area contributed by atoms with Gasteiger partial charge in [0.1, 0.15) is 0 Å². The van der Waals surface area contributed by atoms with Gasteiger partial charge in [0, 0.05) is 44.3 Å². The molecule has 5 rings (SSSR count). The molecule has 4 heterocycles. The Morgan fingerprint density at radius 1 is 0.875 bits per heavy atom. The van der Waals surface area contributed by atoms with Gasteiger partial charge < -0.3 is 15.1 Å². The van der Waals surface area contributed by atoms with Crippen LogP contribution < -0.4 is 10.2 Å². The molecule has 0 unspecified atom stereocenters. The maximum Gasteiger partial charge on any atom is 0.276 e. The molecule has 10 nitrogen and oxygen atoms in total. The van der Waals surface area contributed by atoms with Gasteiger partial charge in [-0.2, -0.15) is 9.90 Å². The summed E-state index contributed by atoms with van der Waals surface area (Å²) in [6.45, 7) is 2.50. The van der Waals surface area contributed by atoms with Crippen molar-refractivity contribution in [2.75, 3.05) is 36.4 Å². The molecule has 1 aromatic carbocycles. The van der Waals surface area contributed by atoms with Crippen LogP contribution in [0.1, 0.15) is 10.5 Å². The number of anilines is 3. The molecule has 10 heteroatoms. The molecule has 4 aromatic rings. The van der Waals surface area contributed by atoms with Crippen LogP contribution in [0, 0.1) is 0 Å². The van der Waals surface area contributed by atoms with Gasteiger partial charge in [-0.15, -0.1) is 15.3 Å². The van der Waals surface area contributed by atoms with Crippen LogP contribution in [0.25, 0.3) is 5.69 Å². The van der Waals surface area contributed by atoms with Gasteiger partial charge in [0.2, 0.25) is 0 Å². The van der Waals surface area contributed by atoms with Crippen molar-refractivity contribution in [3.05, 3.63) is 78.9 Å². The van der Waals surface area contributed by atoms with Crippen LogP contribution in [0.15, 0.2) is 73.2 Å². The standard InChI is InChI=1S/C22H21N9O/c32-22(19-16-24-31(28-19)18-4-2-1-3-5-18)30-14-12-29(13-15-30)21-7-6-20(26-27-21)25-17-8-10-23-11-9-17/h1-11,16H,12-15H2,(H,23,25,26). The van der Waals surface area contributed by atoms with Gasteiger partial charge >= 0.3 is 0 Å². The number of carbonyl (C=O) groups excluding carboxylic acids is 1. The zero-order valence-electron chi connectivity index (χ0n) is 17.2. The number of para-hydroxylation sites is 1. The molecule has 0 bridgehead atoms. The number of pyridine rings is 1. The highest BCUT2D eigenvalue weighted by atomic mass is 16.2. The van der Waals surface area contributed by atoms with Gasteiger partial charge in [0.15, 0.2) is 17.3 Å². The van der Waals surface area contributed by atoms with Crippen molar-refractivity contribution in [1.29, 1.82) is 0 Å². The monoisotopic (exact) mass is 427 g/mol. The summed E-state index contributed by atoms with van der Waals surface area (Å²) in [6.07, 6.45) is 4.95. The number of hydrogen-bond donors (Lipinski definition) is 1. The highest BCUT2D eigenvalue weighted by Gasteiger charge is 2.25. The van der Waals surface area contributed by atoms with Crippen molar-refractivity contribution >= 4 is 23.2 Å². The summed E-state index contributed by atoms with van der Waals surface area (Å²) >= 11 is 0. The summed E-state index contributed by atoms with van der Waals surface area (Å²) in [5.74, 6) is 1.33. The quantitative estimate of drug-likeness (QED) is 0.517. The molecule has 1 aliphatic heterocycles. The second-order valence-electron chi connectivity index (χ2n) is 7.27. The summed E-state index contributed by atoms with van der Waals surface area (Å²) in [6, 6.07) is 17.1. The SMILES string of the molecule is O=C(c1cnn(-c2ccccc2)n1)N1CCN(c2ccc(Nc3ccncc3)nn2)CC1. The normalized spacial score (nSPS) is 13.8. The zero-order chi connectivity index (χ0) is 21.8. The van der Waals surface area contributed by atoms with Gasteiger partial charge in [0.05, 0.1) is 11.9 Å².